The number of aromatic nitrogens is 2. The monoisotopic (exact) mass is 404 g/mol. The van der Waals surface area contributed by atoms with Crippen LogP contribution in [0.3, 0.4) is 0 Å². The van der Waals surface area contributed by atoms with Crippen LogP contribution in [0, 0.1) is 10.8 Å². The maximum Gasteiger partial charge on any atom is 0.256 e. The SMILES string of the molecule is CNc1ccc(C(=O)Nc2cc3[nH]c(CN4CC5(COC5)C4)cc3cn2)cc1C=N. The van der Waals surface area contributed by atoms with Crippen molar-refractivity contribution in [1.82, 2.24) is 14.9 Å². The van der Waals surface area contributed by atoms with E-state index in [1.165, 1.54) is 6.21 Å². The van der Waals surface area contributed by atoms with Crippen LogP contribution in [-0.2, 0) is 11.3 Å². The van der Waals surface area contributed by atoms with Crippen LogP contribution < -0.4 is 10.6 Å². The highest BCUT2D eigenvalue weighted by molar-refractivity contribution is 6.06. The molecule has 5 rings (SSSR count). The minimum absolute atomic E-state index is 0.257. The number of pyridine rings is 1. The van der Waals surface area contributed by atoms with Crippen LogP contribution in [0.15, 0.2) is 36.5 Å². The van der Waals surface area contributed by atoms with Crippen molar-refractivity contribution in [3.63, 3.8) is 0 Å². The molecule has 0 bridgehead atoms. The van der Waals surface area contributed by atoms with Gasteiger partial charge in [-0.15, -0.1) is 0 Å². The van der Waals surface area contributed by atoms with Gasteiger partial charge < -0.3 is 25.8 Å². The number of hydrogen-bond donors (Lipinski definition) is 4. The van der Waals surface area contributed by atoms with E-state index in [9.17, 15) is 4.79 Å². The lowest BCUT2D eigenvalue weighted by atomic mass is 9.78. The summed E-state index contributed by atoms with van der Waals surface area (Å²) in [4.78, 5) is 22.9. The molecule has 2 aromatic heterocycles. The molecule has 0 atom stereocenters. The summed E-state index contributed by atoms with van der Waals surface area (Å²) in [6.45, 7) is 4.84. The molecule has 0 radical (unpaired) electrons. The summed E-state index contributed by atoms with van der Waals surface area (Å²) in [6.07, 6.45) is 3.00. The molecular weight excluding hydrogens is 380 g/mol. The van der Waals surface area contributed by atoms with Crippen LogP contribution in [0.4, 0.5) is 11.5 Å². The first kappa shape index (κ1) is 18.8. The Hall–Kier alpha value is -3.23. The van der Waals surface area contributed by atoms with E-state index in [0.717, 1.165) is 55.1 Å². The van der Waals surface area contributed by atoms with E-state index in [-0.39, 0.29) is 5.91 Å². The number of H-pyrrole nitrogens is 1. The summed E-state index contributed by atoms with van der Waals surface area (Å²) >= 11 is 0. The first-order valence-electron chi connectivity index (χ1n) is 9.99. The number of anilines is 2. The Morgan fingerprint density at radius 1 is 1.33 bits per heavy atom. The van der Waals surface area contributed by atoms with Crippen molar-refractivity contribution in [2.24, 2.45) is 5.41 Å². The Bertz CT molecular complexity index is 1130. The zero-order valence-electron chi connectivity index (χ0n) is 16.8. The predicted octanol–water partition coefficient (Wildman–Crippen LogP) is 2.69. The Morgan fingerprint density at radius 3 is 2.87 bits per heavy atom. The third kappa shape index (κ3) is 3.34. The van der Waals surface area contributed by atoms with Gasteiger partial charge in [-0.3, -0.25) is 9.69 Å². The zero-order chi connectivity index (χ0) is 20.7. The third-order valence-corrected chi connectivity index (χ3v) is 5.87. The van der Waals surface area contributed by atoms with E-state index < -0.39 is 0 Å². The molecule has 2 saturated heterocycles. The summed E-state index contributed by atoms with van der Waals surface area (Å²) in [5, 5.41) is 14.4. The normalized spacial score (nSPS) is 17.4. The second-order valence-corrected chi connectivity index (χ2v) is 8.24. The minimum atomic E-state index is -0.257. The molecule has 1 aromatic carbocycles. The molecule has 8 heteroatoms. The van der Waals surface area contributed by atoms with E-state index in [1.807, 2.05) is 6.07 Å². The Balaban J connectivity index is 1.28. The number of nitrogens with one attached hydrogen (secondary N) is 4. The molecular formula is C22H24N6O2. The second-order valence-electron chi connectivity index (χ2n) is 8.24. The molecule has 1 amide bonds. The van der Waals surface area contributed by atoms with Crippen molar-refractivity contribution >= 4 is 34.5 Å². The smallest absolute Gasteiger partial charge is 0.256 e. The van der Waals surface area contributed by atoms with Gasteiger partial charge >= 0.3 is 0 Å². The summed E-state index contributed by atoms with van der Waals surface area (Å²) < 4.78 is 5.34. The lowest BCUT2D eigenvalue weighted by Crippen LogP contribution is -2.65. The van der Waals surface area contributed by atoms with Gasteiger partial charge in [-0.2, -0.15) is 0 Å². The standard InChI is InChI=1S/C22H24N6O2/c1-24-18-3-2-14(4-15(18)7-23)21(29)27-20-6-19-16(8-25-20)5-17(26-19)9-28-10-22(11-28)12-30-13-22/h2-8,23-24,26H,9-13H2,1H3,(H,25,27,29). The number of hydrogen-bond acceptors (Lipinski definition) is 6. The second kappa shape index (κ2) is 7.23. The molecule has 2 aliphatic heterocycles. The summed E-state index contributed by atoms with van der Waals surface area (Å²) in [6, 6.07) is 9.17. The van der Waals surface area contributed by atoms with Crippen LogP contribution in [0.25, 0.3) is 10.9 Å². The average Bonchev–Trinajstić information content (AvgIpc) is 3.10. The molecule has 4 N–H and O–H groups in total. The lowest BCUT2D eigenvalue weighted by molar-refractivity contribution is -0.191. The van der Waals surface area contributed by atoms with Crippen molar-refractivity contribution < 1.29 is 9.53 Å². The first-order valence-corrected chi connectivity index (χ1v) is 9.99. The minimum Gasteiger partial charge on any atom is -0.388 e. The van der Waals surface area contributed by atoms with Crippen LogP contribution in [0.2, 0.25) is 0 Å². The summed E-state index contributed by atoms with van der Waals surface area (Å²) in [5.74, 6) is 0.234. The van der Waals surface area contributed by atoms with Crippen molar-refractivity contribution in [1.29, 1.82) is 5.41 Å². The molecule has 4 heterocycles. The fourth-order valence-corrected chi connectivity index (χ4v) is 4.31. The molecule has 0 aliphatic carbocycles. The molecule has 8 nitrogen and oxygen atoms in total. The van der Waals surface area contributed by atoms with Crippen LogP contribution in [0.1, 0.15) is 21.6 Å². The third-order valence-electron chi connectivity index (χ3n) is 5.87. The van der Waals surface area contributed by atoms with E-state index in [4.69, 9.17) is 10.1 Å². The van der Waals surface area contributed by atoms with Crippen molar-refractivity contribution in [2.45, 2.75) is 6.54 Å². The van der Waals surface area contributed by atoms with Crippen molar-refractivity contribution in [2.75, 3.05) is 44.0 Å². The predicted molar refractivity (Wildman–Crippen MR) is 116 cm³/mol. The van der Waals surface area contributed by atoms with Gasteiger partial charge in [-0.1, -0.05) is 0 Å². The number of benzene rings is 1. The Morgan fingerprint density at radius 2 is 2.17 bits per heavy atom. The number of rotatable bonds is 6. The fourth-order valence-electron chi connectivity index (χ4n) is 4.31. The Kier molecular flexibility index (Phi) is 4.52. The van der Waals surface area contributed by atoms with Crippen molar-refractivity contribution in [3.05, 3.63) is 53.3 Å². The highest BCUT2D eigenvalue weighted by Crippen LogP contribution is 2.38. The molecule has 2 aliphatic rings. The number of ether oxygens (including phenoxy) is 1. The molecule has 154 valence electrons. The topological polar surface area (TPSA) is 106 Å². The molecule has 0 saturated carbocycles. The van der Waals surface area contributed by atoms with Gasteiger partial charge in [-0.25, -0.2) is 4.98 Å². The van der Waals surface area contributed by atoms with Gasteiger partial charge in [0.15, 0.2) is 0 Å². The van der Waals surface area contributed by atoms with E-state index in [1.54, 1.807) is 31.4 Å². The molecule has 1 spiro atoms. The van der Waals surface area contributed by atoms with Crippen LogP contribution in [-0.4, -0.2) is 60.3 Å². The first-order chi connectivity index (χ1) is 14.6. The fraction of sp³-hybridized carbons (Fsp3) is 0.318. The molecule has 30 heavy (non-hydrogen) atoms. The van der Waals surface area contributed by atoms with Gasteiger partial charge in [-0.05, 0) is 24.3 Å². The van der Waals surface area contributed by atoms with Gasteiger partial charge in [0.05, 0.1) is 18.7 Å². The maximum absolute atomic E-state index is 12.6. The Labute approximate surface area is 174 Å². The number of carbonyl (C=O) groups excluding carboxylic acids is 1. The lowest BCUT2D eigenvalue weighted by Gasteiger charge is -2.55. The highest BCUT2D eigenvalue weighted by atomic mass is 16.5. The van der Waals surface area contributed by atoms with E-state index in [0.29, 0.717) is 22.4 Å². The highest BCUT2D eigenvalue weighted by Gasteiger charge is 2.48. The summed E-state index contributed by atoms with van der Waals surface area (Å²) in [5.41, 5.74) is 4.44. The number of nitrogens with zero attached hydrogens (tertiary/aromatic N) is 2. The maximum atomic E-state index is 12.6. The average molecular weight is 404 g/mol. The van der Waals surface area contributed by atoms with Crippen LogP contribution in [0.5, 0.6) is 0 Å². The molecule has 3 aromatic rings. The van der Waals surface area contributed by atoms with Crippen LogP contribution >= 0.6 is 0 Å². The van der Waals surface area contributed by atoms with Gasteiger partial charge in [0.25, 0.3) is 5.91 Å². The number of carbonyl (C=O) groups is 1. The van der Waals surface area contributed by atoms with E-state index >= 15 is 0 Å². The van der Waals surface area contributed by atoms with Gasteiger partial charge in [0.2, 0.25) is 0 Å². The number of amides is 1. The summed E-state index contributed by atoms with van der Waals surface area (Å²) in [7, 11) is 1.79. The molecule has 0 unspecified atom stereocenters. The van der Waals surface area contributed by atoms with Gasteiger partial charge in [0.1, 0.15) is 5.82 Å². The number of likely N-dealkylation sites (tertiary alicyclic amines) is 1. The number of fused-ring (bicyclic) bond motifs is 1. The van der Waals surface area contributed by atoms with Gasteiger partial charge in [0, 0.05) is 78.5 Å². The molecule has 2 fully saturated rings. The quantitative estimate of drug-likeness (QED) is 0.473. The van der Waals surface area contributed by atoms with Crippen molar-refractivity contribution in [3.8, 4) is 0 Å². The van der Waals surface area contributed by atoms with E-state index in [2.05, 4.69) is 31.6 Å². The largest absolute Gasteiger partial charge is 0.388 e. The number of aromatic amines is 1. The zero-order valence-corrected chi connectivity index (χ0v) is 16.8.